The maximum atomic E-state index is 11.7. The number of benzene rings is 1. The second kappa shape index (κ2) is 8.57. The topological polar surface area (TPSA) is 99.1 Å². The van der Waals surface area contributed by atoms with Gasteiger partial charge in [-0.25, -0.2) is 0 Å². The minimum absolute atomic E-state index is 0.117. The SMILES string of the molecule is CC(=O)NCCCC(=O)Nc1ccc(C(C#N)C(C)=O)cc1. The third-order valence-electron chi connectivity index (χ3n) is 3.02. The molecule has 2 N–H and O–H groups in total. The van der Waals surface area contributed by atoms with E-state index < -0.39 is 5.92 Å². The molecule has 0 bridgehead atoms. The summed E-state index contributed by atoms with van der Waals surface area (Å²) in [6.45, 7) is 3.26. The van der Waals surface area contributed by atoms with Gasteiger partial charge in [0, 0.05) is 25.6 Å². The van der Waals surface area contributed by atoms with Gasteiger partial charge in [0.05, 0.1) is 6.07 Å². The molecule has 0 aliphatic carbocycles. The Balaban J connectivity index is 2.50. The van der Waals surface area contributed by atoms with Gasteiger partial charge in [-0.2, -0.15) is 5.26 Å². The molecule has 0 aromatic heterocycles. The lowest BCUT2D eigenvalue weighted by atomic mass is 9.97. The van der Waals surface area contributed by atoms with Crippen molar-refractivity contribution in [3.63, 3.8) is 0 Å². The van der Waals surface area contributed by atoms with Crippen LogP contribution in [0, 0.1) is 11.3 Å². The van der Waals surface area contributed by atoms with Gasteiger partial charge < -0.3 is 10.6 Å². The molecule has 1 rings (SSSR count). The molecule has 6 heteroatoms. The van der Waals surface area contributed by atoms with Crippen LogP contribution in [0.5, 0.6) is 0 Å². The number of nitrogens with zero attached hydrogens (tertiary/aromatic N) is 1. The van der Waals surface area contributed by atoms with Gasteiger partial charge in [-0.3, -0.25) is 14.4 Å². The smallest absolute Gasteiger partial charge is 0.224 e. The molecular formula is C16H19N3O3. The highest BCUT2D eigenvalue weighted by Crippen LogP contribution is 2.18. The summed E-state index contributed by atoms with van der Waals surface area (Å²) in [4.78, 5) is 33.7. The Hall–Kier alpha value is -2.68. The first-order chi connectivity index (χ1) is 10.4. The lowest BCUT2D eigenvalue weighted by Crippen LogP contribution is -2.22. The molecule has 2 amide bonds. The van der Waals surface area contributed by atoms with Crippen molar-refractivity contribution < 1.29 is 14.4 Å². The number of nitriles is 1. The van der Waals surface area contributed by atoms with E-state index >= 15 is 0 Å². The maximum Gasteiger partial charge on any atom is 0.224 e. The number of nitrogens with one attached hydrogen (secondary N) is 2. The molecule has 1 aromatic rings. The van der Waals surface area contributed by atoms with Crippen LogP contribution in [0.2, 0.25) is 0 Å². The van der Waals surface area contributed by atoms with Gasteiger partial charge >= 0.3 is 0 Å². The molecule has 0 saturated heterocycles. The summed E-state index contributed by atoms with van der Waals surface area (Å²) in [6.07, 6.45) is 0.862. The Morgan fingerprint density at radius 1 is 1.18 bits per heavy atom. The molecule has 0 aliphatic rings. The van der Waals surface area contributed by atoms with Crippen LogP contribution in [0.15, 0.2) is 24.3 Å². The number of hydrogen-bond donors (Lipinski definition) is 2. The predicted molar refractivity (Wildman–Crippen MR) is 82.0 cm³/mol. The van der Waals surface area contributed by atoms with Gasteiger partial charge in [0.1, 0.15) is 5.92 Å². The molecule has 0 heterocycles. The number of rotatable bonds is 7. The molecule has 0 aliphatic heterocycles. The molecule has 1 atom stereocenters. The highest BCUT2D eigenvalue weighted by Gasteiger charge is 2.15. The molecule has 0 saturated carbocycles. The van der Waals surface area contributed by atoms with Crippen LogP contribution in [-0.2, 0) is 14.4 Å². The van der Waals surface area contributed by atoms with Gasteiger partial charge in [-0.15, -0.1) is 0 Å². The minimum atomic E-state index is -0.776. The molecule has 1 aromatic carbocycles. The van der Waals surface area contributed by atoms with E-state index in [1.165, 1.54) is 13.8 Å². The van der Waals surface area contributed by atoms with Crippen LogP contribution < -0.4 is 10.6 Å². The molecule has 116 valence electrons. The number of amides is 2. The zero-order valence-electron chi connectivity index (χ0n) is 12.7. The average molecular weight is 301 g/mol. The maximum absolute atomic E-state index is 11.7. The highest BCUT2D eigenvalue weighted by atomic mass is 16.2. The quantitative estimate of drug-likeness (QED) is 0.749. The number of carbonyl (C=O) groups excluding carboxylic acids is 3. The van der Waals surface area contributed by atoms with E-state index in [0.29, 0.717) is 30.6 Å². The Kier molecular flexibility index (Phi) is 6.77. The van der Waals surface area contributed by atoms with Crippen molar-refractivity contribution in [3.8, 4) is 6.07 Å². The lowest BCUT2D eigenvalue weighted by molar-refractivity contribution is -0.119. The second-order valence-electron chi connectivity index (χ2n) is 4.93. The summed E-state index contributed by atoms with van der Waals surface area (Å²) in [6, 6.07) is 8.58. The summed E-state index contributed by atoms with van der Waals surface area (Å²) >= 11 is 0. The summed E-state index contributed by atoms with van der Waals surface area (Å²) in [5.74, 6) is -1.25. The first-order valence-corrected chi connectivity index (χ1v) is 6.98. The lowest BCUT2D eigenvalue weighted by Gasteiger charge is -2.08. The van der Waals surface area contributed by atoms with Crippen molar-refractivity contribution in [1.29, 1.82) is 5.26 Å². The average Bonchev–Trinajstić information content (AvgIpc) is 2.45. The van der Waals surface area contributed by atoms with Crippen molar-refractivity contribution in [2.24, 2.45) is 0 Å². The zero-order valence-corrected chi connectivity index (χ0v) is 12.7. The minimum Gasteiger partial charge on any atom is -0.356 e. The van der Waals surface area contributed by atoms with Crippen LogP contribution in [0.4, 0.5) is 5.69 Å². The zero-order chi connectivity index (χ0) is 16.5. The number of hydrogen-bond acceptors (Lipinski definition) is 4. The Bertz CT molecular complexity index is 588. The van der Waals surface area contributed by atoms with Gasteiger partial charge in [0.15, 0.2) is 5.78 Å². The van der Waals surface area contributed by atoms with Crippen LogP contribution in [0.1, 0.15) is 38.2 Å². The van der Waals surface area contributed by atoms with Crippen molar-refractivity contribution in [1.82, 2.24) is 5.32 Å². The fraction of sp³-hybridized carbons (Fsp3) is 0.375. The van der Waals surface area contributed by atoms with Gasteiger partial charge in [-0.05, 0) is 31.0 Å². The number of anilines is 1. The van der Waals surface area contributed by atoms with Crippen molar-refractivity contribution in [3.05, 3.63) is 29.8 Å². The molecular weight excluding hydrogens is 282 g/mol. The number of Topliss-reactive ketones (excluding diaryl/α,β-unsaturated/α-hetero) is 1. The van der Waals surface area contributed by atoms with E-state index in [0.717, 1.165) is 0 Å². The van der Waals surface area contributed by atoms with Crippen molar-refractivity contribution >= 4 is 23.3 Å². The van der Waals surface area contributed by atoms with E-state index in [9.17, 15) is 14.4 Å². The van der Waals surface area contributed by atoms with E-state index in [1.807, 2.05) is 6.07 Å². The summed E-state index contributed by atoms with van der Waals surface area (Å²) < 4.78 is 0. The van der Waals surface area contributed by atoms with Crippen molar-refractivity contribution in [2.75, 3.05) is 11.9 Å². The fourth-order valence-corrected chi connectivity index (χ4v) is 1.90. The molecule has 6 nitrogen and oxygen atoms in total. The summed E-state index contributed by atoms with van der Waals surface area (Å²) in [5, 5.41) is 14.3. The predicted octanol–water partition coefficient (Wildman–Crippen LogP) is 1.74. The van der Waals surface area contributed by atoms with Gasteiger partial charge in [0.2, 0.25) is 11.8 Å². The monoisotopic (exact) mass is 301 g/mol. The first-order valence-electron chi connectivity index (χ1n) is 6.98. The summed E-state index contributed by atoms with van der Waals surface area (Å²) in [5.41, 5.74) is 1.21. The molecule has 0 fully saturated rings. The third kappa shape index (κ3) is 5.75. The number of ketones is 1. The van der Waals surface area contributed by atoms with Gasteiger partial charge in [0.25, 0.3) is 0 Å². The Morgan fingerprint density at radius 3 is 2.32 bits per heavy atom. The normalized spacial score (nSPS) is 11.1. The number of carbonyl (C=O) groups is 3. The largest absolute Gasteiger partial charge is 0.356 e. The van der Waals surface area contributed by atoms with Crippen LogP contribution >= 0.6 is 0 Å². The standard InChI is InChI=1S/C16H19N3O3/c1-11(20)15(10-17)13-5-7-14(8-6-13)19-16(22)4-3-9-18-12(2)21/h5-8,15H,3-4,9H2,1-2H3,(H,18,21)(H,19,22). The van der Waals surface area contributed by atoms with Crippen molar-refractivity contribution in [2.45, 2.75) is 32.6 Å². The highest BCUT2D eigenvalue weighted by molar-refractivity contribution is 5.91. The van der Waals surface area contributed by atoms with Gasteiger partial charge in [-0.1, -0.05) is 12.1 Å². The van der Waals surface area contributed by atoms with Crippen LogP contribution in [0.25, 0.3) is 0 Å². The summed E-state index contributed by atoms with van der Waals surface area (Å²) in [7, 11) is 0. The Labute approximate surface area is 129 Å². The first kappa shape index (κ1) is 17.4. The van der Waals surface area contributed by atoms with Crippen LogP contribution in [0.3, 0.4) is 0 Å². The molecule has 0 spiro atoms. The van der Waals surface area contributed by atoms with Crippen LogP contribution in [-0.4, -0.2) is 24.1 Å². The second-order valence-corrected chi connectivity index (χ2v) is 4.93. The molecule has 1 unspecified atom stereocenters. The van der Waals surface area contributed by atoms with E-state index in [-0.39, 0.29) is 17.6 Å². The van der Waals surface area contributed by atoms with E-state index in [4.69, 9.17) is 5.26 Å². The third-order valence-corrected chi connectivity index (χ3v) is 3.02. The Morgan fingerprint density at radius 2 is 1.82 bits per heavy atom. The molecule has 0 radical (unpaired) electrons. The molecule has 22 heavy (non-hydrogen) atoms. The van der Waals surface area contributed by atoms with E-state index in [1.54, 1.807) is 24.3 Å². The van der Waals surface area contributed by atoms with E-state index in [2.05, 4.69) is 10.6 Å². The fourth-order valence-electron chi connectivity index (χ4n) is 1.90.